The Balaban J connectivity index is 2.28. The minimum atomic E-state index is -0.496. The van der Waals surface area contributed by atoms with E-state index < -0.39 is 5.56 Å². The zero-order chi connectivity index (χ0) is 20.5. The molecule has 2 rings (SSSR count). The Hall–Kier alpha value is -2.99. The van der Waals surface area contributed by atoms with E-state index in [4.69, 9.17) is 14.2 Å². The topological polar surface area (TPSA) is 114 Å². The molecule has 1 aromatic carbocycles. The number of ether oxygens (including phenoxy) is 3. The molecule has 9 heteroatoms. The molecule has 1 aromatic heterocycles. The lowest BCUT2D eigenvalue weighted by Crippen LogP contribution is -2.14. The Bertz CT molecular complexity index is 936. The Labute approximate surface area is 166 Å². The SMILES string of the molecule is CCOC(=O)CCCOc1cc(-c2nc(SC)[nH]c(=O)c2C#N)ccc1OC. The van der Waals surface area contributed by atoms with Crippen LogP contribution in [-0.2, 0) is 9.53 Å². The third kappa shape index (κ3) is 5.27. The molecule has 0 aliphatic rings. The zero-order valence-corrected chi connectivity index (χ0v) is 16.7. The van der Waals surface area contributed by atoms with Crippen molar-refractivity contribution in [1.29, 1.82) is 5.26 Å². The zero-order valence-electron chi connectivity index (χ0n) is 15.9. The van der Waals surface area contributed by atoms with Gasteiger partial charge in [0.05, 0.1) is 26.0 Å². The molecule has 0 radical (unpaired) electrons. The van der Waals surface area contributed by atoms with Crippen LogP contribution in [0.2, 0.25) is 0 Å². The van der Waals surface area contributed by atoms with Crippen LogP contribution in [0.3, 0.4) is 0 Å². The van der Waals surface area contributed by atoms with Crippen LogP contribution in [-0.4, -0.2) is 42.5 Å². The second-order valence-electron chi connectivity index (χ2n) is 5.53. The van der Waals surface area contributed by atoms with Gasteiger partial charge in [0.15, 0.2) is 16.7 Å². The molecule has 0 amide bonds. The van der Waals surface area contributed by atoms with Crippen molar-refractivity contribution in [2.75, 3.05) is 26.6 Å². The lowest BCUT2D eigenvalue weighted by molar-refractivity contribution is -0.143. The second kappa shape index (κ2) is 10.4. The van der Waals surface area contributed by atoms with Gasteiger partial charge in [-0.15, -0.1) is 0 Å². The summed E-state index contributed by atoms with van der Waals surface area (Å²) in [6.07, 6.45) is 2.51. The normalized spacial score (nSPS) is 10.2. The number of nitrogens with one attached hydrogen (secondary N) is 1. The Morgan fingerprint density at radius 3 is 2.79 bits per heavy atom. The van der Waals surface area contributed by atoms with E-state index in [2.05, 4.69) is 9.97 Å². The van der Waals surface area contributed by atoms with Crippen LogP contribution >= 0.6 is 11.8 Å². The Morgan fingerprint density at radius 2 is 2.14 bits per heavy atom. The van der Waals surface area contributed by atoms with Gasteiger partial charge in [-0.2, -0.15) is 5.26 Å². The van der Waals surface area contributed by atoms with Crippen LogP contribution in [0, 0.1) is 11.3 Å². The largest absolute Gasteiger partial charge is 0.493 e. The molecule has 0 aliphatic carbocycles. The van der Waals surface area contributed by atoms with Crippen molar-refractivity contribution in [3.8, 4) is 28.8 Å². The van der Waals surface area contributed by atoms with E-state index in [0.29, 0.717) is 35.2 Å². The molecule has 1 heterocycles. The highest BCUT2D eigenvalue weighted by Gasteiger charge is 2.16. The standard InChI is InChI=1S/C19H21N3O5S/c1-4-26-16(23)6-5-9-27-15-10-12(7-8-14(15)25-2)17-13(11-20)18(24)22-19(21-17)28-3/h7-8,10H,4-6,9H2,1-3H3,(H,21,22,24). The number of esters is 1. The van der Waals surface area contributed by atoms with Gasteiger partial charge >= 0.3 is 5.97 Å². The molecule has 0 atom stereocenters. The maximum Gasteiger partial charge on any atom is 0.305 e. The number of nitrogens with zero attached hydrogens (tertiary/aromatic N) is 2. The summed E-state index contributed by atoms with van der Waals surface area (Å²) < 4.78 is 15.9. The van der Waals surface area contributed by atoms with Crippen LogP contribution in [0.5, 0.6) is 11.5 Å². The molecular formula is C19H21N3O5S. The average molecular weight is 403 g/mol. The molecule has 0 aliphatic heterocycles. The summed E-state index contributed by atoms with van der Waals surface area (Å²) >= 11 is 1.27. The summed E-state index contributed by atoms with van der Waals surface area (Å²) in [5, 5.41) is 9.76. The highest BCUT2D eigenvalue weighted by atomic mass is 32.2. The van der Waals surface area contributed by atoms with Gasteiger partial charge in [-0.05, 0) is 37.8 Å². The number of hydrogen-bond acceptors (Lipinski definition) is 8. The first-order chi connectivity index (χ1) is 13.5. The summed E-state index contributed by atoms with van der Waals surface area (Å²) in [7, 11) is 1.51. The molecular weight excluding hydrogens is 382 g/mol. The van der Waals surface area contributed by atoms with E-state index in [1.54, 1.807) is 31.4 Å². The number of hydrogen-bond donors (Lipinski definition) is 1. The molecule has 148 valence electrons. The van der Waals surface area contributed by atoms with Gasteiger partial charge in [0, 0.05) is 12.0 Å². The van der Waals surface area contributed by atoms with Gasteiger partial charge in [0.2, 0.25) is 0 Å². The summed E-state index contributed by atoms with van der Waals surface area (Å²) in [6, 6.07) is 6.95. The van der Waals surface area contributed by atoms with Gasteiger partial charge < -0.3 is 19.2 Å². The molecule has 1 N–H and O–H groups in total. The fourth-order valence-corrected chi connectivity index (χ4v) is 2.81. The predicted octanol–water partition coefficient (Wildman–Crippen LogP) is 2.76. The predicted molar refractivity (Wildman–Crippen MR) is 105 cm³/mol. The van der Waals surface area contributed by atoms with Gasteiger partial charge in [-0.25, -0.2) is 4.98 Å². The number of rotatable bonds is 9. The van der Waals surface area contributed by atoms with Crippen molar-refractivity contribution in [1.82, 2.24) is 9.97 Å². The number of thioether (sulfide) groups is 1. The monoisotopic (exact) mass is 403 g/mol. The Morgan fingerprint density at radius 1 is 1.36 bits per heavy atom. The first-order valence-corrected chi connectivity index (χ1v) is 9.81. The number of carbonyl (C=O) groups excluding carboxylic acids is 1. The van der Waals surface area contributed by atoms with Gasteiger partial charge in [-0.3, -0.25) is 9.59 Å². The van der Waals surface area contributed by atoms with Gasteiger partial charge in [-0.1, -0.05) is 11.8 Å². The summed E-state index contributed by atoms with van der Waals surface area (Å²) in [4.78, 5) is 30.5. The number of benzene rings is 1. The van der Waals surface area contributed by atoms with E-state index in [1.807, 2.05) is 6.07 Å². The van der Waals surface area contributed by atoms with E-state index in [9.17, 15) is 14.9 Å². The minimum absolute atomic E-state index is 0.0729. The number of H-pyrrole nitrogens is 1. The van der Waals surface area contributed by atoms with E-state index >= 15 is 0 Å². The lowest BCUT2D eigenvalue weighted by atomic mass is 10.1. The molecule has 2 aromatic rings. The summed E-state index contributed by atoms with van der Waals surface area (Å²) in [5.74, 6) is 0.650. The van der Waals surface area contributed by atoms with Crippen molar-refractivity contribution < 1.29 is 19.0 Å². The van der Waals surface area contributed by atoms with Crippen LogP contribution < -0.4 is 15.0 Å². The summed E-state index contributed by atoms with van der Waals surface area (Å²) in [6.45, 7) is 2.38. The highest BCUT2D eigenvalue weighted by molar-refractivity contribution is 7.98. The fourth-order valence-electron chi connectivity index (χ4n) is 2.43. The smallest absolute Gasteiger partial charge is 0.305 e. The molecule has 8 nitrogen and oxygen atoms in total. The second-order valence-corrected chi connectivity index (χ2v) is 6.33. The Kier molecular flexibility index (Phi) is 7.89. The number of carbonyl (C=O) groups is 1. The number of methoxy groups -OCH3 is 1. The average Bonchev–Trinajstić information content (AvgIpc) is 2.70. The van der Waals surface area contributed by atoms with Crippen molar-refractivity contribution in [2.45, 2.75) is 24.9 Å². The first kappa shape index (κ1) is 21.3. The van der Waals surface area contributed by atoms with Crippen LogP contribution in [0.4, 0.5) is 0 Å². The third-order valence-corrected chi connectivity index (χ3v) is 4.31. The lowest BCUT2D eigenvalue weighted by Gasteiger charge is -2.13. The highest BCUT2D eigenvalue weighted by Crippen LogP contribution is 2.33. The van der Waals surface area contributed by atoms with Crippen molar-refractivity contribution >= 4 is 17.7 Å². The molecule has 0 fully saturated rings. The molecule has 0 saturated carbocycles. The van der Waals surface area contributed by atoms with Crippen LogP contribution in [0.1, 0.15) is 25.3 Å². The van der Waals surface area contributed by atoms with Crippen molar-refractivity contribution in [3.05, 3.63) is 34.1 Å². The van der Waals surface area contributed by atoms with Gasteiger partial charge in [0.25, 0.3) is 5.56 Å². The van der Waals surface area contributed by atoms with Crippen LogP contribution in [0.25, 0.3) is 11.3 Å². The molecule has 0 bridgehead atoms. The molecule has 0 spiro atoms. The minimum Gasteiger partial charge on any atom is -0.493 e. The fraction of sp³-hybridized carbons (Fsp3) is 0.368. The quantitative estimate of drug-likeness (QED) is 0.294. The van der Waals surface area contributed by atoms with E-state index in [1.165, 1.54) is 18.9 Å². The maximum atomic E-state index is 12.1. The van der Waals surface area contributed by atoms with Crippen LogP contribution in [0.15, 0.2) is 28.2 Å². The molecule has 0 unspecified atom stereocenters. The molecule has 28 heavy (non-hydrogen) atoms. The first-order valence-electron chi connectivity index (χ1n) is 8.59. The number of nitriles is 1. The number of aromatic amines is 1. The van der Waals surface area contributed by atoms with Crippen molar-refractivity contribution in [3.63, 3.8) is 0 Å². The maximum absolute atomic E-state index is 12.1. The summed E-state index contributed by atoms with van der Waals surface area (Å²) in [5.41, 5.74) is 0.259. The van der Waals surface area contributed by atoms with Gasteiger partial charge in [0.1, 0.15) is 11.6 Å². The third-order valence-electron chi connectivity index (χ3n) is 3.73. The van der Waals surface area contributed by atoms with E-state index in [-0.39, 0.29) is 30.3 Å². The molecule has 0 saturated heterocycles. The van der Waals surface area contributed by atoms with Crippen molar-refractivity contribution in [2.24, 2.45) is 0 Å². The van der Waals surface area contributed by atoms with E-state index in [0.717, 1.165) is 0 Å². The number of aromatic nitrogens is 2.